The van der Waals surface area contributed by atoms with E-state index in [1.54, 1.807) is 34.6 Å². The van der Waals surface area contributed by atoms with Gasteiger partial charge in [0.2, 0.25) is 0 Å². The molecule has 0 bridgehead atoms. The number of fused-ring (bicyclic) bond motifs is 2. The molecule has 24 heavy (non-hydrogen) atoms. The Morgan fingerprint density at radius 2 is 2.17 bits per heavy atom. The van der Waals surface area contributed by atoms with Gasteiger partial charge in [-0.05, 0) is 24.3 Å². The lowest BCUT2D eigenvalue weighted by Gasteiger charge is -2.04. The fourth-order valence-corrected chi connectivity index (χ4v) is 3.54. The molecule has 5 heterocycles. The van der Waals surface area contributed by atoms with Gasteiger partial charge in [0.05, 0.1) is 22.1 Å². The number of hydrogen-bond donors (Lipinski definition) is 2. The van der Waals surface area contributed by atoms with Crippen LogP contribution in [0.3, 0.4) is 0 Å². The average Bonchev–Trinajstić information content (AvgIpc) is 3.34. The van der Waals surface area contributed by atoms with Crippen molar-refractivity contribution in [2.24, 2.45) is 0 Å². The lowest BCUT2D eigenvalue weighted by Crippen LogP contribution is -1.92. The maximum Gasteiger partial charge on any atom is 0.155 e. The fraction of sp³-hybridized carbons (Fsp3) is 0. The third-order valence-corrected chi connectivity index (χ3v) is 4.71. The molecule has 0 aliphatic heterocycles. The SMILES string of the molecule is c1nc2ccc(-c3csc4ccc(Nc5cn[nH]c5)nc34)cn2n1. The third-order valence-electron chi connectivity index (χ3n) is 3.77. The van der Waals surface area contributed by atoms with Gasteiger partial charge in [0.15, 0.2) is 5.65 Å². The summed E-state index contributed by atoms with van der Waals surface area (Å²) in [6, 6.07) is 8.05. The van der Waals surface area contributed by atoms with Crippen molar-refractivity contribution in [2.45, 2.75) is 0 Å². The molecule has 0 aliphatic carbocycles. The minimum Gasteiger partial charge on any atom is -0.338 e. The number of aromatic amines is 1. The van der Waals surface area contributed by atoms with E-state index in [0.717, 1.165) is 38.5 Å². The first kappa shape index (κ1) is 13.2. The van der Waals surface area contributed by atoms with Gasteiger partial charge >= 0.3 is 0 Å². The second-order valence-corrected chi connectivity index (χ2v) is 6.20. The van der Waals surface area contributed by atoms with E-state index in [1.165, 1.54) is 0 Å². The van der Waals surface area contributed by atoms with E-state index >= 15 is 0 Å². The number of nitrogens with one attached hydrogen (secondary N) is 2. The van der Waals surface area contributed by atoms with E-state index in [4.69, 9.17) is 4.98 Å². The van der Waals surface area contributed by atoms with E-state index in [0.29, 0.717) is 0 Å². The summed E-state index contributed by atoms with van der Waals surface area (Å²) < 4.78 is 2.91. The normalized spacial score (nSPS) is 11.3. The van der Waals surface area contributed by atoms with Crippen molar-refractivity contribution in [3.63, 3.8) is 0 Å². The number of thiophene rings is 1. The first-order chi connectivity index (χ1) is 11.9. The topological polar surface area (TPSA) is 83.8 Å². The molecular weight excluding hydrogens is 322 g/mol. The van der Waals surface area contributed by atoms with Crippen LogP contribution < -0.4 is 5.32 Å². The first-order valence-electron chi connectivity index (χ1n) is 7.31. The summed E-state index contributed by atoms with van der Waals surface area (Å²) in [4.78, 5) is 8.95. The van der Waals surface area contributed by atoms with Crippen molar-refractivity contribution >= 4 is 38.7 Å². The highest BCUT2D eigenvalue weighted by molar-refractivity contribution is 7.17. The third kappa shape index (κ3) is 2.12. The molecule has 5 aromatic heterocycles. The van der Waals surface area contributed by atoms with Crippen molar-refractivity contribution < 1.29 is 0 Å². The van der Waals surface area contributed by atoms with Crippen molar-refractivity contribution in [1.82, 2.24) is 29.8 Å². The van der Waals surface area contributed by atoms with Gasteiger partial charge in [0.25, 0.3) is 0 Å². The zero-order chi connectivity index (χ0) is 15.9. The number of pyridine rings is 2. The minimum atomic E-state index is 0.783. The molecule has 2 N–H and O–H groups in total. The zero-order valence-corrected chi connectivity index (χ0v) is 13.2. The molecule has 0 atom stereocenters. The smallest absolute Gasteiger partial charge is 0.155 e. The second kappa shape index (κ2) is 5.14. The molecule has 116 valence electrons. The second-order valence-electron chi connectivity index (χ2n) is 5.29. The van der Waals surface area contributed by atoms with E-state index in [2.05, 4.69) is 37.0 Å². The molecule has 0 spiro atoms. The molecular formula is C16H11N7S. The van der Waals surface area contributed by atoms with Crippen LogP contribution in [0.4, 0.5) is 11.5 Å². The first-order valence-corrected chi connectivity index (χ1v) is 8.19. The molecule has 5 rings (SSSR count). The number of aromatic nitrogens is 6. The highest BCUT2D eigenvalue weighted by Crippen LogP contribution is 2.33. The summed E-state index contributed by atoms with van der Waals surface area (Å²) in [5.41, 5.74) is 4.82. The Morgan fingerprint density at radius 1 is 1.17 bits per heavy atom. The van der Waals surface area contributed by atoms with E-state index in [1.807, 2.05) is 24.4 Å². The maximum atomic E-state index is 4.77. The molecule has 0 fully saturated rings. The molecule has 0 saturated heterocycles. The summed E-state index contributed by atoms with van der Waals surface area (Å²) >= 11 is 1.68. The predicted octanol–water partition coefficient (Wildman–Crippen LogP) is 3.47. The number of nitrogens with zero attached hydrogens (tertiary/aromatic N) is 5. The van der Waals surface area contributed by atoms with E-state index < -0.39 is 0 Å². The van der Waals surface area contributed by atoms with Gasteiger partial charge in [-0.1, -0.05) is 0 Å². The molecule has 5 aromatic rings. The monoisotopic (exact) mass is 333 g/mol. The van der Waals surface area contributed by atoms with Gasteiger partial charge in [0.1, 0.15) is 12.1 Å². The maximum absolute atomic E-state index is 4.77. The van der Waals surface area contributed by atoms with Gasteiger partial charge in [-0.2, -0.15) is 10.2 Å². The van der Waals surface area contributed by atoms with E-state index in [-0.39, 0.29) is 0 Å². The van der Waals surface area contributed by atoms with Crippen LogP contribution >= 0.6 is 11.3 Å². The Kier molecular flexibility index (Phi) is 2.83. The average molecular weight is 333 g/mol. The Morgan fingerprint density at radius 3 is 3.08 bits per heavy atom. The standard InChI is InChI=1S/C16H11N7S/c1-4-15-17-9-20-23(15)7-10(1)12-8-24-13-2-3-14(22-16(12)13)21-11-5-18-19-6-11/h1-9H,(H,18,19)(H,21,22). The Balaban J connectivity index is 1.62. The van der Waals surface area contributed by atoms with Crippen LogP contribution in [0.5, 0.6) is 0 Å². The Labute approximate surface area is 140 Å². The van der Waals surface area contributed by atoms with Crippen molar-refractivity contribution in [1.29, 1.82) is 0 Å². The van der Waals surface area contributed by atoms with E-state index in [9.17, 15) is 0 Å². The summed E-state index contributed by atoms with van der Waals surface area (Å²) in [5.74, 6) is 0.783. The zero-order valence-electron chi connectivity index (χ0n) is 12.3. The predicted molar refractivity (Wildman–Crippen MR) is 93.5 cm³/mol. The largest absolute Gasteiger partial charge is 0.338 e. The molecule has 0 amide bonds. The van der Waals surface area contributed by atoms with Gasteiger partial charge < -0.3 is 5.32 Å². The van der Waals surface area contributed by atoms with Gasteiger partial charge in [-0.3, -0.25) is 5.10 Å². The summed E-state index contributed by atoms with van der Waals surface area (Å²) in [6.45, 7) is 0. The highest BCUT2D eigenvalue weighted by Gasteiger charge is 2.10. The molecule has 7 nitrogen and oxygen atoms in total. The van der Waals surface area contributed by atoms with Gasteiger partial charge in [-0.25, -0.2) is 14.5 Å². The van der Waals surface area contributed by atoms with Crippen LogP contribution in [0.2, 0.25) is 0 Å². The number of H-pyrrole nitrogens is 1. The quantitative estimate of drug-likeness (QED) is 0.528. The molecule has 0 aromatic carbocycles. The van der Waals surface area contributed by atoms with Crippen LogP contribution in [0.25, 0.3) is 27.0 Å². The summed E-state index contributed by atoms with van der Waals surface area (Å²) in [6.07, 6.45) is 7.04. The molecule has 8 heteroatoms. The number of rotatable bonds is 3. The van der Waals surface area contributed by atoms with Crippen LogP contribution in [0.1, 0.15) is 0 Å². The summed E-state index contributed by atoms with van der Waals surface area (Å²) in [7, 11) is 0. The molecule has 0 unspecified atom stereocenters. The molecule has 0 radical (unpaired) electrons. The highest BCUT2D eigenvalue weighted by atomic mass is 32.1. The lowest BCUT2D eigenvalue weighted by molar-refractivity contribution is 0.963. The number of anilines is 2. The van der Waals surface area contributed by atoms with Crippen molar-refractivity contribution in [3.8, 4) is 11.1 Å². The van der Waals surface area contributed by atoms with Gasteiger partial charge in [-0.15, -0.1) is 11.3 Å². The van der Waals surface area contributed by atoms with Crippen LogP contribution in [-0.4, -0.2) is 29.8 Å². The lowest BCUT2D eigenvalue weighted by atomic mass is 10.1. The fourth-order valence-electron chi connectivity index (χ4n) is 2.63. The Hall–Kier alpha value is -3.26. The van der Waals surface area contributed by atoms with Crippen LogP contribution in [0, 0.1) is 0 Å². The van der Waals surface area contributed by atoms with Crippen LogP contribution in [-0.2, 0) is 0 Å². The summed E-state index contributed by atoms with van der Waals surface area (Å²) in [5, 5.41) is 16.3. The minimum absolute atomic E-state index is 0.783. The van der Waals surface area contributed by atoms with Gasteiger partial charge in [0, 0.05) is 28.9 Å². The number of hydrogen-bond acceptors (Lipinski definition) is 6. The van der Waals surface area contributed by atoms with Crippen LogP contribution in [0.15, 0.2) is 54.6 Å². The molecule has 0 aliphatic rings. The van der Waals surface area contributed by atoms with Crippen molar-refractivity contribution in [3.05, 3.63) is 54.6 Å². The molecule has 0 saturated carbocycles. The van der Waals surface area contributed by atoms with Crippen molar-refractivity contribution in [2.75, 3.05) is 5.32 Å². The Bertz CT molecular complexity index is 1140.